The molecule has 1 saturated heterocycles. The number of benzene rings is 2. The fourth-order valence-electron chi connectivity index (χ4n) is 3.66. The summed E-state index contributed by atoms with van der Waals surface area (Å²) in [6.07, 6.45) is 7.21. The van der Waals surface area contributed by atoms with E-state index in [1.54, 1.807) is 13.4 Å². The van der Waals surface area contributed by atoms with E-state index < -0.39 is 16.0 Å². The Kier molecular flexibility index (Phi) is 6.68. The summed E-state index contributed by atoms with van der Waals surface area (Å²) in [6, 6.07) is 11.0. The topological polar surface area (TPSA) is 107 Å². The van der Waals surface area contributed by atoms with Gasteiger partial charge in [0.25, 0.3) is 0 Å². The molecule has 2 heterocycles. The van der Waals surface area contributed by atoms with Gasteiger partial charge in [0.05, 0.1) is 31.4 Å². The van der Waals surface area contributed by atoms with Gasteiger partial charge in [0.1, 0.15) is 17.3 Å². The number of aromatic nitrogens is 2. The highest BCUT2D eigenvalue weighted by Gasteiger charge is 2.24. The zero-order chi connectivity index (χ0) is 23.4. The Morgan fingerprint density at radius 3 is 2.73 bits per heavy atom. The molecule has 0 bridgehead atoms. The number of halogens is 1. The van der Waals surface area contributed by atoms with Crippen LogP contribution >= 0.6 is 0 Å². The molecule has 8 nitrogen and oxygen atoms in total. The van der Waals surface area contributed by atoms with Crippen LogP contribution in [0.5, 0.6) is 5.75 Å². The maximum Gasteiger partial charge on any atom is 0.421 e. The normalized spacial score (nSPS) is 16.9. The largest absolute Gasteiger partial charge is 0.495 e. The average Bonchev–Trinajstić information content (AvgIpc) is 3.22. The number of hydrogen-bond donors (Lipinski definition) is 2. The van der Waals surface area contributed by atoms with Crippen LogP contribution in [0.1, 0.15) is 24.1 Å². The predicted molar refractivity (Wildman–Crippen MR) is 123 cm³/mol. The van der Waals surface area contributed by atoms with Crippen molar-refractivity contribution in [2.75, 3.05) is 13.7 Å². The molecule has 172 valence electrons. The SMILES string of the molecule is COc1cc(C=C2CCC[NH2+]C2=NS(=O)(=O)[NH2+]c2ccc(F)cc2)ccc1-n1cnc(C)c1. The molecule has 10 heteroatoms. The number of ether oxygens (including phenoxy) is 1. The van der Waals surface area contributed by atoms with Crippen LogP contribution in [0.4, 0.5) is 10.1 Å². The highest BCUT2D eigenvalue weighted by Crippen LogP contribution is 2.26. The van der Waals surface area contributed by atoms with Gasteiger partial charge in [-0.25, -0.2) is 9.37 Å². The summed E-state index contributed by atoms with van der Waals surface area (Å²) in [5.41, 5.74) is 3.86. The summed E-state index contributed by atoms with van der Waals surface area (Å²) in [6.45, 7) is 2.67. The molecular weight excluding hydrogens is 445 g/mol. The van der Waals surface area contributed by atoms with Crippen LogP contribution in [-0.4, -0.2) is 37.5 Å². The molecule has 1 aliphatic rings. The smallest absolute Gasteiger partial charge is 0.421 e. The summed E-state index contributed by atoms with van der Waals surface area (Å²) < 4.78 is 51.0. The van der Waals surface area contributed by atoms with Crippen LogP contribution in [-0.2, 0) is 10.2 Å². The van der Waals surface area contributed by atoms with Crippen LogP contribution in [0.2, 0.25) is 0 Å². The number of nitrogens with zero attached hydrogens (tertiary/aromatic N) is 3. The predicted octanol–water partition coefficient (Wildman–Crippen LogP) is 1.61. The van der Waals surface area contributed by atoms with Crippen molar-refractivity contribution in [3.63, 3.8) is 0 Å². The minimum Gasteiger partial charge on any atom is -0.495 e. The molecule has 0 saturated carbocycles. The maximum atomic E-state index is 13.1. The number of hydrogen-bond acceptors (Lipinski definition) is 4. The van der Waals surface area contributed by atoms with E-state index in [1.807, 2.05) is 47.3 Å². The fraction of sp³-hybridized carbons (Fsp3) is 0.217. The van der Waals surface area contributed by atoms with E-state index in [2.05, 4.69) is 9.38 Å². The lowest BCUT2D eigenvalue weighted by Gasteiger charge is -2.15. The van der Waals surface area contributed by atoms with Gasteiger partial charge in [-0.15, -0.1) is 8.42 Å². The summed E-state index contributed by atoms with van der Waals surface area (Å²) in [5, 5.41) is 1.84. The van der Waals surface area contributed by atoms with Crippen molar-refractivity contribution < 1.29 is 27.6 Å². The van der Waals surface area contributed by atoms with E-state index >= 15 is 0 Å². The van der Waals surface area contributed by atoms with Crippen molar-refractivity contribution in [2.45, 2.75) is 19.8 Å². The summed E-state index contributed by atoms with van der Waals surface area (Å²) in [7, 11) is -2.28. The number of nitrogens with two attached hydrogens (primary N) is 2. The van der Waals surface area contributed by atoms with Crippen molar-refractivity contribution in [1.82, 2.24) is 9.55 Å². The lowest BCUT2D eigenvalue weighted by Crippen LogP contribution is -2.91. The van der Waals surface area contributed by atoms with Crippen LogP contribution in [0.15, 0.2) is 65.0 Å². The second-order valence-corrected chi connectivity index (χ2v) is 9.23. The van der Waals surface area contributed by atoms with Crippen molar-refractivity contribution in [3.05, 3.63) is 77.6 Å². The van der Waals surface area contributed by atoms with E-state index in [-0.39, 0.29) is 0 Å². The molecule has 0 aliphatic carbocycles. The molecule has 1 aromatic heterocycles. The maximum absolute atomic E-state index is 13.1. The summed E-state index contributed by atoms with van der Waals surface area (Å²) in [5.74, 6) is 0.691. The standard InChI is InChI=1S/C23H24FN5O3S/c1-16-14-29(15-26-16)21-10-5-17(13-22(21)32-2)12-18-4-3-11-25-23(18)28-33(30,31)27-20-8-6-19(24)7-9-20/h5-10,12-15,27H,3-4,11H2,1-2H3,(H,25,28)/p+2. The van der Waals surface area contributed by atoms with Gasteiger partial charge in [0.2, 0.25) is 5.84 Å². The van der Waals surface area contributed by atoms with Gasteiger partial charge in [0.15, 0.2) is 0 Å². The molecule has 0 unspecified atom stereocenters. The average molecular weight is 472 g/mol. The Balaban J connectivity index is 1.62. The Bertz CT molecular complexity index is 1310. The molecular formula is C23H26FN5O3S+2. The second-order valence-electron chi connectivity index (χ2n) is 7.78. The first-order chi connectivity index (χ1) is 15.8. The van der Waals surface area contributed by atoms with Gasteiger partial charge in [-0.2, -0.15) is 4.72 Å². The van der Waals surface area contributed by atoms with E-state index in [4.69, 9.17) is 4.74 Å². The van der Waals surface area contributed by atoms with Gasteiger partial charge in [-0.05, 0) is 49.2 Å². The third kappa shape index (κ3) is 5.72. The Morgan fingerprint density at radius 2 is 2.03 bits per heavy atom. The highest BCUT2D eigenvalue weighted by molar-refractivity contribution is 7.83. The molecule has 4 rings (SSSR count). The first-order valence-electron chi connectivity index (χ1n) is 10.5. The zero-order valence-electron chi connectivity index (χ0n) is 18.4. The van der Waals surface area contributed by atoms with E-state index in [9.17, 15) is 12.8 Å². The third-order valence-corrected chi connectivity index (χ3v) is 6.25. The number of amidine groups is 1. The molecule has 0 atom stereocenters. The number of quaternary nitrogens is 2. The molecule has 33 heavy (non-hydrogen) atoms. The summed E-state index contributed by atoms with van der Waals surface area (Å²) >= 11 is 0. The molecule has 1 fully saturated rings. The van der Waals surface area contributed by atoms with Gasteiger partial charge < -0.3 is 9.30 Å². The van der Waals surface area contributed by atoms with Crippen LogP contribution in [0.25, 0.3) is 11.8 Å². The molecule has 4 N–H and O–H groups in total. The van der Waals surface area contributed by atoms with Crippen molar-refractivity contribution in [3.8, 4) is 11.4 Å². The Hall–Kier alpha value is -3.34. The highest BCUT2D eigenvalue weighted by atomic mass is 32.2. The number of rotatable bonds is 6. The third-order valence-electron chi connectivity index (χ3n) is 5.23. The van der Waals surface area contributed by atoms with Crippen molar-refractivity contribution >= 4 is 27.8 Å². The quantitative estimate of drug-likeness (QED) is 0.533. The molecule has 0 amide bonds. The van der Waals surface area contributed by atoms with Crippen molar-refractivity contribution in [1.29, 1.82) is 0 Å². The van der Waals surface area contributed by atoms with E-state index in [1.165, 1.54) is 24.3 Å². The molecule has 2 aromatic carbocycles. The first-order valence-corrected chi connectivity index (χ1v) is 12.0. The number of piperidine rings is 1. The zero-order valence-corrected chi connectivity index (χ0v) is 19.2. The number of aryl methyl sites for hydroxylation is 1. The minimum absolute atomic E-state index is 0.372. The monoisotopic (exact) mass is 471 g/mol. The lowest BCUT2D eigenvalue weighted by molar-refractivity contribution is -0.543. The van der Waals surface area contributed by atoms with Gasteiger partial charge >= 0.3 is 10.2 Å². The first kappa shape index (κ1) is 22.8. The second kappa shape index (κ2) is 9.65. The van der Waals surface area contributed by atoms with Gasteiger partial charge in [0, 0.05) is 30.3 Å². The molecule has 1 aliphatic heterocycles. The molecule has 3 aromatic rings. The number of imidazole rings is 1. The van der Waals surface area contributed by atoms with E-state index in [0.29, 0.717) is 23.7 Å². The Labute approximate surface area is 192 Å². The Morgan fingerprint density at radius 1 is 1.24 bits per heavy atom. The van der Waals surface area contributed by atoms with E-state index in [0.717, 1.165) is 40.2 Å². The lowest BCUT2D eigenvalue weighted by atomic mass is 10.0. The fourth-order valence-corrected chi connectivity index (χ4v) is 4.68. The summed E-state index contributed by atoms with van der Waals surface area (Å²) in [4.78, 5) is 4.26. The van der Waals surface area contributed by atoms with Crippen LogP contribution < -0.4 is 14.8 Å². The van der Waals surface area contributed by atoms with Crippen molar-refractivity contribution in [2.24, 2.45) is 4.40 Å². The molecule has 0 spiro atoms. The number of methoxy groups -OCH3 is 1. The van der Waals surface area contributed by atoms with Gasteiger partial charge in [-0.1, -0.05) is 10.5 Å². The van der Waals surface area contributed by atoms with Crippen LogP contribution in [0, 0.1) is 12.7 Å². The minimum atomic E-state index is -3.89. The molecule has 0 radical (unpaired) electrons. The van der Waals surface area contributed by atoms with Gasteiger partial charge in [-0.3, -0.25) is 5.32 Å². The van der Waals surface area contributed by atoms with Crippen LogP contribution in [0.3, 0.4) is 0 Å².